The van der Waals surface area contributed by atoms with E-state index in [1.54, 1.807) is 35.1 Å². The second-order valence-corrected chi connectivity index (χ2v) is 4.49. The minimum Gasteiger partial charge on any atom is -0.494 e. The van der Waals surface area contributed by atoms with E-state index in [9.17, 15) is 4.39 Å². The molecule has 0 aliphatic carbocycles. The van der Waals surface area contributed by atoms with E-state index in [1.165, 1.54) is 13.2 Å². The van der Waals surface area contributed by atoms with Crippen molar-refractivity contribution >= 4 is 5.69 Å². The average molecular weight is 284 g/mol. The fourth-order valence-corrected chi connectivity index (χ4v) is 1.98. The van der Waals surface area contributed by atoms with E-state index >= 15 is 0 Å². The van der Waals surface area contributed by atoms with Crippen LogP contribution in [0, 0.1) is 5.82 Å². The molecular weight excluding hydrogens is 271 g/mol. The maximum absolute atomic E-state index is 13.7. The molecule has 0 amide bonds. The zero-order chi connectivity index (χ0) is 14.8. The predicted molar refractivity (Wildman–Crippen MR) is 77.7 cm³/mol. The molecule has 0 saturated heterocycles. The number of aromatic nitrogens is 3. The number of nitrogen functional groups attached to an aromatic ring is 1. The van der Waals surface area contributed by atoms with Crippen molar-refractivity contribution in [1.29, 1.82) is 0 Å². The van der Waals surface area contributed by atoms with Gasteiger partial charge in [0, 0.05) is 11.3 Å². The van der Waals surface area contributed by atoms with Crippen molar-refractivity contribution in [1.82, 2.24) is 15.0 Å². The first-order valence-corrected chi connectivity index (χ1v) is 6.29. The van der Waals surface area contributed by atoms with Gasteiger partial charge in [-0.05, 0) is 42.5 Å². The number of ether oxygens (including phenoxy) is 1. The van der Waals surface area contributed by atoms with Gasteiger partial charge in [0.05, 0.1) is 19.0 Å². The van der Waals surface area contributed by atoms with Crippen LogP contribution in [-0.2, 0) is 0 Å². The number of nitrogens with zero attached hydrogens (tertiary/aromatic N) is 3. The quantitative estimate of drug-likeness (QED) is 0.751. The third-order valence-electron chi connectivity index (χ3n) is 3.10. The Bertz CT molecular complexity index is 768. The molecule has 6 heteroatoms. The molecule has 2 aromatic carbocycles. The van der Waals surface area contributed by atoms with Crippen LogP contribution in [0.15, 0.2) is 48.7 Å². The van der Waals surface area contributed by atoms with E-state index in [-0.39, 0.29) is 5.75 Å². The molecule has 2 N–H and O–H groups in total. The average Bonchev–Trinajstić information content (AvgIpc) is 2.98. The number of anilines is 1. The van der Waals surface area contributed by atoms with Crippen LogP contribution in [0.25, 0.3) is 16.9 Å². The fourth-order valence-electron chi connectivity index (χ4n) is 1.98. The minimum atomic E-state index is -0.433. The lowest BCUT2D eigenvalue weighted by Gasteiger charge is -2.02. The Kier molecular flexibility index (Phi) is 3.27. The summed E-state index contributed by atoms with van der Waals surface area (Å²) in [5.41, 5.74) is 8.37. The number of nitrogens with two attached hydrogens (primary N) is 1. The predicted octanol–water partition coefficient (Wildman–Crippen LogP) is 2.66. The lowest BCUT2D eigenvalue weighted by molar-refractivity contribution is 0.386. The monoisotopic (exact) mass is 284 g/mol. The molecule has 0 spiro atoms. The van der Waals surface area contributed by atoms with Crippen LogP contribution in [-0.4, -0.2) is 22.1 Å². The Morgan fingerprint density at radius 1 is 1.14 bits per heavy atom. The molecule has 0 aliphatic heterocycles. The van der Waals surface area contributed by atoms with Crippen molar-refractivity contribution < 1.29 is 9.13 Å². The van der Waals surface area contributed by atoms with Gasteiger partial charge in [-0.15, -0.1) is 5.10 Å². The molecule has 3 aromatic rings. The first-order valence-electron chi connectivity index (χ1n) is 6.29. The molecule has 3 rings (SSSR count). The van der Waals surface area contributed by atoms with E-state index in [4.69, 9.17) is 10.5 Å². The highest BCUT2D eigenvalue weighted by atomic mass is 19.1. The van der Waals surface area contributed by atoms with E-state index in [2.05, 4.69) is 10.3 Å². The third kappa shape index (κ3) is 2.55. The van der Waals surface area contributed by atoms with Gasteiger partial charge >= 0.3 is 0 Å². The van der Waals surface area contributed by atoms with Crippen LogP contribution in [0.2, 0.25) is 0 Å². The van der Waals surface area contributed by atoms with Gasteiger partial charge in [0.15, 0.2) is 11.6 Å². The molecule has 0 bridgehead atoms. The molecule has 0 radical (unpaired) electrons. The fraction of sp³-hybridized carbons (Fsp3) is 0.0667. The van der Waals surface area contributed by atoms with Gasteiger partial charge in [-0.3, -0.25) is 0 Å². The number of hydrogen-bond acceptors (Lipinski definition) is 4. The van der Waals surface area contributed by atoms with Gasteiger partial charge < -0.3 is 10.5 Å². The Labute approximate surface area is 120 Å². The van der Waals surface area contributed by atoms with Crippen LogP contribution in [0.4, 0.5) is 10.1 Å². The van der Waals surface area contributed by atoms with Crippen molar-refractivity contribution in [3.05, 3.63) is 54.5 Å². The lowest BCUT2D eigenvalue weighted by Crippen LogP contribution is -1.95. The normalized spacial score (nSPS) is 10.6. The van der Waals surface area contributed by atoms with Crippen LogP contribution >= 0.6 is 0 Å². The van der Waals surface area contributed by atoms with Crippen LogP contribution in [0.3, 0.4) is 0 Å². The molecule has 0 unspecified atom stereocenters. The first-order chi connectivity index (χ1) is 10.2. The first kappa shape index (κ1) is 13.1. The van der Waals surface area contributed by atoms with Crippen molar-refractivity contribution in [3.8, 4) is 22.7 Å². The molecule has 0 aliphatic rings. The summed E-state index contributed by atoms with van der Waals surface area (Å²) in [5.74, 6) is -0.235. The Hall–Kier alpha value is -2.89. The van der Waals surface area contributed by atoms with Crippen molar-refractivity contribution in [3.63, 3.8) is 0 Å². The topological polar surface area (TPSA) is 66.0 Å². The molecule has 0 fully saturated rings. The Morgan fingerprint density at radius 3 is 2.57 bits per heavy atom. The molecule has 21 heavy (non-hydrogen) atoms. The number of methoxy groups -OCH3 is 1. The summed E-state index contributed by atoms with van der Waals surface area (Å²) < 4.78 is 20.2. The summed E-state index contributed by atoms with van der Waals surface area (Å²) in [5, 5.41) is 8.09. The highest BCUT2D eigenvalue weighted by Gasteiger charge is 2.09. The standard InChI is InChI=1S/C15H13FN4O/c1-21-15-7-2-10(8-13(15)16)14-9-20(19-18-14)12-5-3-11(17)4-6-12/h2-9H,17H2,1H3. The molecule has 0 saturated carbocycles. The van der Waals surface area contributed by atoms with Gasteiger partial charge in [-0.25, -0.2) is 9.07 Å². The van der Waals surface area contributed by atoms with E-state index < -0.39 is 5.82 Å². The van der Waals surface area contributed by atoms with E-state index in [1.807, 2.05) is 12.1 Å². The Morgan fingerprint density at radius 2 is 1.90 bits per heavy atom. The molecule has 106 valence electrons. The van der Waals surface area contributed by atoms with Gasteiger partial charge in [-0.2, -0.15) is 0 Å². The van der Waals surface area contributed by atoms with E-state index in [0.29, 0.717) is 16.9 Å². The number of rotatable bonds is 3. The summed E-state index contributed by atoms with van der Waals surface area (Å²) in [6.45, 7) is 0. The molecule has 5 nitrogen and oxygen atoms in total. The molecule has 1 heterocycles. The van der Waals surface area contributed by atoms with Crippen molar-refractivity contribution in [2.45, 2.75) is 0 Å². The number of benzene rings is 2. The zero-order valence-electron chi connectivity index (χ0n) is 11.3. The highest BCUT2D eigenvalue weighted by molar-refractivity contribution is 5.60. The lowest BCUT2D eigenvalue weighted by atomic mass is 10.1. The maximum atomic E-state index is 13.7. The second kappa shape index (κ2) is 5.24. The van der Waals surface area contributed by atoms with Gasteiger partial charge in [-0.1, -0.05) is 5.21 Å². The summed E-state index contributed by atoms with van der Waals surface area (Å²) in [6.07, 6.45) is 1.73. The van der Waals surface area contributed by atoms with Gasteiger partial charge in [0.2, 0.25) is 0 Å². The SMILES string of the molecule is COc1ccc(-c2cn(-c3ccc(N)cc3)nn2)cc1F. The minimum absolute atomic E-state index is 0.199. The third-order valence-corrected chi connectivity index (χ3v) is 3.10. The second-order valence-electron chi connectivity index (χ2n) is 4.49. The van der Waals surface area contributed by atoms with Crippen LogP contribution in [0.1, 0.15) is 0 Å². The Balaban J connectivity index is 1.94. The van der Waals surface area contributed by atoms with Crippen molar-refractivity contribution in [2.24, 2.45) is 0 Å². The summed E-state index contributed by atoms with van der Waals surface area (Å²) in [7, 11) is 1.43. The zero-order valence-corrected chi connectivity index (χ0v) is 11.3. The molecule has 1 aromatic heterocycles. The molecule has 0 atom stereocenters. The van der Waals surface area contributed by atoms with Gasteiger partial charge in [0.25, 0.3) is 0 Å². The summed E-state index contributed by atoms with van der Waals surface area (Å²) in [4.78, 5) is 0. The number of halogens is 1. The smallest absolute Gasteiger partial charge is 0.165 e. The summed E-state index contributed by atoms with van der Waals surface area (Å²) >= 11 is 0. The largest absolute Gasteiger partial charge is 0.494 e. The summed E-state index contributed by atoms with van der Waals surface area (Å²) in [6, 6.07) is 11.9. The van der Waals surface area contributed by atoms with Crippen LogP contribution in [0.5, 0.6) is 5.75 Å². The number of hydrogen-bond donors (Lipinski definition) is 1. The maximum Gasteiger partial charge on any atom is 0.165 e. The molecular formula is C15H13FN4O. The van der Waals surface area contributed by atoms with Gasteiger partial charge in [0.1, 0.15) is 5.69 Å². The van der Waals surface area contributed by atoms with E-state index in [0.717, 1.165) is 5.69 Å². The van der Waals surface area contributed by atoms with Crippen LogP contribution < -0.4 is 10.5 Å². The van der Waals surface area contributed by atoms with Crippen molar-refractivity contribution in [2.75, 3.05) is 12.8 Å². The highest BCUT2D eigenvalue weighted by Crippen LogP contribution is 2.24.